The van der Waals surface area contributed by atoms with Gasteiger partial charge in [-0.2, -0.15) is 5.10 Å². The Kier molecular flexibility index (Phi) is 3.97. The molecule has 0 aliphatic carbocycles. The minimum absolute atomic E-state index is 0.136. The highest BCUT2D eigenvalue weighted by atomic mass is 32.2. The number of aliphatic hydroxyl groups excluding tert-OH is 1. The molecule has 14 heavy (non-hydrogen) atoms. The van der Waals surface area contributed by atoms with Crippen molar-refractivity contribution >= 4 is 11.8 Å². The molecule has 1 atom stereocenters. The summed E-state index contributed by atoms with van der Waals surface area (Å²) in [6.07, 6.45) is 3.80. The van der Waals surface area contributed by atoms with Crippen LogP contribution in [0.1, 0.15) is 6.92 Å². The molecule has 80 valence electrons. The quantitative estimate of drug-likeness (QED) is 0.702. The molecule has 2 N–H and O–H groups in total. The van der Waals surface area contributed by atoms with Gasteiger partial charge in [-0.3, -0.25) is 4.68 Å². The van der Waals surface area contributed by atoms with Crippen LogP contribution in [0.15, 0.2) is 17.3 Å². The van der Waals surface area contributed by atoms with Gasteiger partial charge in [-0.25, -0.2) is 0 Å². The number of likely N-dealkylation sites (N-methyl/N-ethyl adjacent to an activating group) is 1. The second-order valence-corrected chi connectivity index (χ2v) is 4.66. The summed E-state index contributed by atoms with van der Waals surface area (Å²) in [5.74, 6) is 0.825. The second-order valence-electron chi connectivity index (χ2n) is 3.61. The number of aryl methyl sites for hydroxylation is 1. The van der Waals surface area contributed by atoms with Crippen molar-refractivity contribution in [3.63, 3.8) is 0 Å². The Bertz CT molecular complexity index is 283. The van der Waals surface area contributed by atoms with Gasteiger partial charge >= 0.3 is 0 Å². The van der Waals surface area contributed by atoms with E-state index in [2.05, 4.69) is 10.4 Å². The first kappa shape index (κ1) is 11.6. The van der Waals surface area contributed by atoms with Gasteiger partial charge in [-0.05, 0) is 14.0 Å². The maximum atomic E-state index is 9.17. The monoisotopic (exact) mass is 215 g/mol. The summed E-state index contributed by atoms with van der Waals surface area (Å²) < 4.78 is 1.78. The highest BCUT2D eigenvalue weighted by Gasteiger charge is 2.20. The molecule has 4 nitrogen and oxygen atoms in total. The molecule has 0 aromatic carbocycles. The fraction of sp³-hybridized carbons (Fsp3) is 0.667. The Morgan fingerprint density at radius 2 is 2.43 bits per heavy atom. The predicted molar refractivity (Wildman–Crippen MR) is 58.5 cm³/mol. The lowest BCUT2D eigenvalue weighted by atomic mass is 10.1. The lowest BCUT2D eigenvalue weighted by Gasteiger charge is -2.25. The predicted octanol–water partition coefficient (Wildman–Crippen LogP) is 0.483. The number of nitrogens with one attached hydrogen (secondary N) is 1. The maximum absolute atomic E-state index is 9.17. The van der Waals surface area contributed by atoms with E-state index in [0.29, 0.717) is 0 Å². The van der Waals surface area contributed by atoms with Gasteiger partial charge < -0.3 is 10.4 Å². The Balaban J connectivity index is 2.47. The summed E-state index contributed by atoms with van der Waals surface area (Å²) in [5, 5.41) is 16.4. The van der Waals surface area contributed by atoms with Crippen LogP contribution in [-0.4, -0.2) is 39.8 Å². The molecule has 0 radical (unpaired) electrons. The van der Waals surface area contributed by atoms with E-state index in [1.165, 1.54) is 0 Å². The molecule has 0 aliphatic heterocycles. The van der Waals surface area contributed by atoms with Crippen molar-refractivity contribution in [1.29, 1.82) is 0 Å². The molecule has 0 amide bonds. The molecular formula is C9H17N3OS. The van der Waals surface area contributed by atoms with Crippen molar-refractivity contribution in [2.75, 3.05) is 19.4 Å². The molecule has 0 spiro atoms. The van der Waals surface area contributed by atoms with Gasteiger partial charge in [0, 0.05) is 29.4 Å². The van der Waals surface area contributed by atoms with E-state index in [1.807, 2.05) is 33.4 Å². The summed E-state index contributed by atoms with van der Waals surface area (Å²) in [5.41, 5.74) is -0.222. The molecule has 0 saturated carbocycles. The van der Waals surface area contributed by atoms with Crippen LogP contribution in [0.3, 0.4) is 0 Å². The molecule has 1 rings (SSSR count). The van der Waals surface area contributed by atoms with Crippen LogP contribution in [0.25, 0.3) is 0 Å². The standard InChI is InChI=1S/C9H17N3OS/c1-9(6-13,10-2)7-14-8-4-11-12(3)5-8/h4-5,10,13H,6-7H2,1-3H3. The number of hydrogen-bond donors (Lipinski definition) is 2. The molecule has 1 aromatic heterocycles. The van der Waals surface area contributed by atoms with Gasteiger partial charge in [0.1, 0.15) is 0 Å². The normalized spacial score (nSPS) is 15.4. The van der Waals surface area contributed by atoms with Gasteiger partial charge in [0.05, 0.1) is 12.8 Å². The van der Waals surface area contributed by atoms with Gasteiger partial charge in [-0.15, -0.1) is 11.8 Å². The van der Waals surface area contributed by atoms with Crippen molar-refractivity contribution in [2.45, 2.75) is 17.4 Å². The van der Waals surface area contributed by atoms with Gasteiger partial charge in [0.2, 0.25) is 0 Å². The number of rotatable bonds is 5. The Hall–Kier alpha value is -0.520. The molecule has 1 aromatic rings. The van der Waals surface area contributed by atoms with E-state index in [-0.39, 0.29) is 12.1 Å². The highest BCUT2D eigenvalue weighted by Crippen LogP contribution is 2.21. The zero-order chi connectivity index (χ0) is 10.6. The third-order valence-corrected chi connectivity index (χ3v) is 3.52. The van der Waals surface area contributed by atoms with Crippen molar-refractivity contribution in [3.05, 3.63) is 12.4 Å². The fourth-order valence-corrected chi connectivity index (χ4v) is 1.98. The summed E-state index contributed by atoms with van der Waals surface area (Å²) in [6.45, 7) is 2.13. The van der Waals surface area contributed by atoms with Crippen LogP contribution >= 0.6 is 11.8 Å². The second kappa shape index (κ2) is 4.82. The van der Waals surface area contributed by atoms with Crippen LogP contribution in [0.5, 0.6) is 0 Å². The van der Waals surface area contributed by atoms with Gasteiger partial charge in [-0.1, -0.05) is 0 Å². The Morgan fingerprint density at radius 3 is 2.86 bits per heavy atom. The third-order valence-electron chi connectivity index (χ3n) is 2.19. The Labute approximate surface area is 88.7 Å². The SMILES string of the molecule is CNC(C)(CO)CSc1cnn(C)c1. The number of aliphatic hydroxyl groups is 1. The average molecular weight is 215 g/mol. The molecule has 0 bridgehead atoms. The van der Waals surface area contributed by atoms with Crippen molar-refractivity contribution < 1.29 is 5.11 Å². The number of thioether (sulfide) groups is 1. The molecule has 1 unspecified atom stereocenters. The van der Waals surface area contributed by atoms with E-state index in [9.17, 15) is 5.11 Å². The van der Waals surface area contributed by atoms with Crippen molar-refractivity contribution in [2.24, 2.45) is 7.05 Å². The summed E-state index contributed by atoms with van der Waals surface area (Å²) >= 11 is 1.69. The first-order valence-electron chi connectivity index (χ1n) is 4.51. The minimum Gasteiger partial charge on any atom is -0.394 e. The first-order chi connectivity index (χ1) is 6.59. The largest absolute Gasteiger partial charge is 0.394 e. The molecule has 0 aliphatic rings. The van der Waals surface area contributed by atoms with Crippen LogP contribution in [-0.2, 0) is 7.05 Å². The van der Waals surface area contributed by atoms with Crippen LogP contribution in [0.4, 0.5) is 0 Å². The van der Waals surface area contributed by atoms with Crippen molar-refractivity contribution in [1.82, 2.24) is 15.1 Å². The van der Waals surface area contributed by atoms with Crippen molar-refractivity contribution in [3.8, 4) is 0 Å². The number of aromatic nitrogens is 2. The topological polar surface area (TPSA) is 50.1 Å². The van der Waals surface area contributed by atoms with E-state index >= 15 is 0 Å². The molecule has 1 heterocycles. The van der Waals surface area contributed by atoms with E-state index in [0.717, 1.165) is 10.6 Å². The highest BCUT2D eigenvalue weighted by molar-refractivity contribution is 7.99. The number of hydrogen-bond acceptors (Lipinski definition) is 4. The van der Waals surface area contributed by atoms with Gasteiger partial charge in [0.15, 0.2) is 0 Å². The molecule has 5 heteroatoms. The smallest absolute Gasteiger partial charge is 0.0625 e. The maximum Gasteiger partial charge on any atom is 0.0625 e. The zero-order valence-electron chi connectivity index (χ0n) is 8.82. The molecular weight excluding hydrogens is 198 g/mol. The average Bonchev–Trinajstić information content (AvgIpc) is 2.61. The van der Waals surface area contributed by atoms with E-state index < -0.39 is 0 Å². The van der Waals surface area contributed by atoms with E-state index in [4.69, 9.17) is 0 Å². The van der Waals surface area contributed by atoms with Crippen LogP contribution in [0, 0.1) is 0 Å². The zero-order valence-corrected chi connectivity index (χ0v) is 9.64. The third kappa shape index (κ3) is 3.01. The first-order valence-corrected chi connectivity index (χ1v) is 5.49. The summed E-state index contributed by atoms with van der Waals surface area (Å²) in [6, 6.07) is 0. The Morgan fingerprint density at radius 1 is 1.71 bits per heavy atom. The minimum atomic E-state index is -0.222. The van der Waals surface area contributed by atoms with Crippen LogP contribution < -0.4 is 5.32 Å². The van der Waals surface area contributed by atoms with Crippen LogP contribution in [0.2, 0.25) is 0 Å². The summed E-state index contributed by atoms with van der Waals surface area (Å²) in [4.78, 5) is 1.13. The van der Waals surface area contributed by atoms with E-state index in [1.54, 1.807) is 16.4 Å². The lowest BCUT2D eigenvalue weighted by Crippen LogP contribution is -2.45. The number of nitrogens with zero attached hydrogens (tertiary/aromatic N) is 2. The molecule has 0 fully saturated rings. The summed E-state index contributed by atoms with van der Waals surface area (Å²) in [7, 11) is 3.76. The fourth-order valence-electron chi connectivity index (χ4n) is 0.913. The lowest BCUT2D eigenvalue weighted by molar-refractivity contribution is 0.200. The van der Waals surface area contributed by atoms with Gasteiger partial charge in [0.25, 0.3) is 0 Å². The molecule has 0 saturated heterocycles.